The topological polar surface area (TPSA) is 40.5 Å². The van der Waals surface area contributed by atoms with Gasteiger partial charge in [-0.05, 0) is 38.3 Å². The minimum atomic E-state index is -1.67. The Kier molecular flexibility index (Phi) is 4.62. The van der Waals surface area contributed by atoms with Crippen molar-refractivity contribution in [3.8, 4) is 0 Å². The number of likely N-dealkylation sites (tertiary alicyclic amines) is 1. The van der Waals surface area contributed by atoms with E-state index >= 15 is 0 Å². The Bertz CT molecular complexity index is 188. The third-order valence-corrected chi connectivity index (χ3v) is 3.09. The minimum absolute atomic E-state index is 0.306. The highest BCUT2D eigenvalue weighted by atomic mass is 32.2. The second-order valence-corrected chi connectivity index (χ2v) is 4.44. The van der Waals surface area contributed by atoms with Crippen molar-refractivity contribution >= 4 is 11.1 Å². The fourth-order valence-electron chi connectivity index (χ4n) is 1.74. The molecule has 0 saturated carbocycles. The summed E-state index contributed by atoms with van der Waals surface area (Å²) in [6.45, 7) is 5.62. The standard InChI is InChI=1S/C9H17NO2S/c1-2-3-9-4-6-10(7-5-9)8-13(11)12/h2,9H,1,3-8H2,(H,11,12). The fourth-order valence-corrected chi connectivity index (χ4v) is 2.31. The highest BCUT2D eigenvalue weighted by Gasteiger charge is 2.18. The molecule has 1 fully saturated rings. The molecule has 0 bridgehead atoms. The van der Waals surface area contributed by atoms with Crippen LogP contribution in [0.3, 0.4) is 0 Å². The van der Waals surface area contributed by atoms with Crippen molar-refractivity contribution < 1.29 is 8.76 Å². The molecule has 1 aliphatic heterocycles. The van der Waals surface area contributed by atoms with E-state index < -0.39 is 11.1 Å². The highest BCUT2D eigenvalue weighted by molar-refractivity contribution is 7.79. The van der Waals surface area contributed by atoms with Crippen LogP contribution in [0.25, 0.3) is 0 Å². The van der Waals surface area contributed by atoms with Crippen LogP contribution < -0.4 is 0 Å². The molecule has 1 rings (SSSR count). The Morgan fingerprint density at radius 3 is 2.62 bits per heavy atom. The van der Waals surface area contributed by atoms with Crippen LogP contribution in [0.1, 0.15) is 19.3 Å². The van der Waals surface area contributed by atoms with Crippen LogP contribution >= 0.6 is 0 Å². The van der Waals surface area contributed by atoms with Gasteiger partial charge in [0.25, 0.3) is 0 Å². The van der Waals surface area contributed by atoms with Crippen molar-refractivity contribution in [2.45, 2.75) is 19.3 Å². The SMILES string of the molecule is C=CCC1CCN(CS(=O)O)CC1. The van der Waals surface area contributed by atoms with Gasteiger partial charge in [0, 0.05) is 0 Å². The van der Waals surface area contributed by atoms with Gasteiger partial charge in [0.05, 0.1) is 0 Å². The summed E-state index contributed by atoms with van der Waals surface area (Å²) in [5.74, 6) is 1.04. The number of hydrogen-bond donors (Lipinski definition) is 1. The summed E-state index contributed by atoms with van der Waals surface area (Å²) in [7, 11) is 0. The van der Waals surface area contributed by atoms with Gasteiger partial charge in [-0.25, -0.2) is 4.21 Å². The average Bonchev–Trinajstić information content (AvgIpc) is 2.08. The van der Waals surface area contributed by atoms with Gasteiger partial charge in [0.1, 0.15) is 5.88 Å². The quantitative estimate of drug-likeness (QED) is 0.555. The van der Waals surface area contributed by atoms with Gasteiger partial charge in [-0.3, -0.25) is 4.90 Å². The molecular formula is C9H17NO2S. The number of allylic oxidation sites excluding steroid dienone is 1. The van der Waals surface area contributed by atoms with Crippen molar-refractivity contribution in [1.82, 2.24) is 4.90 Å². The lowest BCUT2D eigenvalue weighted by atomic mass is 9.94. The minimum Gasteiger partial charge on any atom is -0.305 e. The van der Waals surface area contributed by atoms with E-state index in [0.717, 1.165) is 38.3 Å². The van der Waals surface area contributed by atoms with Crippen molar-refractivity contribution in [2.24, 2.45) is 5.92 Å². The average molecular weight is 203 g/mol. The van der Waals surface area contributed by atoms with E-state index in [1.54, 1.807) is 0 Å². The van der Waals surface area contributed by atoms with Crippen LogP contribution in [-0.4, -0.2) is 32.6 Å². The molecule has 0 aromatic carbocycles. The molecule has 13 heavy (non-hydrogen) atoms. The smallest absolute Gasteiger partial charge is 0.167 e. The highest BCUT2D eigenvalue weighted by Crippen LogP contribution is 2.20. The zero-order valence-corrected chi connectivity index (χ0v) is 8.63. The first-order chi connectivity index (χ1) is 6.22. The Balaban J connectivity index is 2.22. The predicted molar refractivity (Wildman–Crippen MR) is 54.7 cm³/mol. The van der Waals surface area contributed by atoms with E-state index in [1.807, 2.05) is 6.08 Å². The monoisotopic (exact) mass is 203 g/mol. The van der Waals surface area contributed by atoms with E-state index in [-0.39, 0.29) is 0 Å². The van der Waals surface area contributed by atoms with Gasteiger partial charge in [0.2, 0.25) is 0 Å². The maximum atomic E-state index is 10.5. The normalized spacial score (nSPS) is 22.8. The molecule has 0 aromatic rings. The molecule has 0 spiro atoms. The van der Waals surface area contributed by atoms with Crippen LogP contribution in [0.5, 0.6) is 0 Å². The lowest BCUT2D eigenvalue weighted by Gasteiger charge is -2.30. The third-order valence-electron chi connectivity index (χ3n) is 2.50. The number of hydrogen-bond acceptors (Lipinski definition) is 2. The molecule has 3 nitrogen and oxygen atoms in total. The molecule has 0 amide bonds. The molecule has 1 unspecified atom stereocenters. The first kappa shape index (κ1) is 10.9. The Morgan fingerprint density at radius 2 is 2.15 bits per heavy atom. The summed E-state index contributed by atoms with van der Waals surface area (Å²) >= 11 is -1.67. The van der Waals surface area contributed by atoms with E-state index in [2.05, 4.69) is 11.5 Å². The van der Waals surface area contributed by atoms with E-state index in [0.29, 0.717) is 5.88 Å². The first-order valence-electron chi connectivity index (χ1n) is 4.63. The fraction of sp³-hybridized carbons (Fsp3) is 0.778. The third kappa shape index (κ3) is 4.02. The van der Waals surface area contributed by atoms with E-state index in [4.69, 9.17) is 4.55 Å². The summed E-state index contributed by atoms with van der Waals surface area (Å²) in [6.07, 6.45) is 5.30. The molecule has 0 radical (unpaired) electrons. The van der Waals surface area contributed by atoms with Crippen LogP contribution in [0.15, 0.2) is 12.7 Å². The Hall–Kier alpha value is -0.190. The van der Waals surface area contributed by atoms with Gasteiger partial charge in [-0.1, -0.05) is 6.08 Å². The first-order valence-corrected chi connectivity index (χ1v) is 5.90. The lowest BCUT2D eigenvalue weighted by Crippen LogP contribution is -2.35. The molecule has 4 heteroatoms. The number of nitrogens with zero attached hydrogens (tertiary/aromatic N) is 1. The molecule has 0 aromatic heterocycles. The molecule has 1 saturated heterocycles. The zero-order chi connectivity index (χ0) is 9.68. The zero-order valence-electron chi connectivity index (χ0n) is 7.82. The lowest BCUT2D eigenvalue weighted by molar-refractivity contribution is 0.209. The largest absolute Gasteiger partial charge is 0.305 e. The van der Waals surface area contributed by atoms with Crippen LogP contribution in [0, 0.1) is 5.92 Å². The summed E-state index contributed by atoms with van der Waals surface area (Å²) in [4.78, 5) is 2.05. The van der Waals surface area contributed by atoms with Crippen molar-refractivity contribution in [2.75, 3.05) is 19.0 Å². The summed E-state index contributed by atoms with van der Waals surface area (Å²) in [6, 6.07) is 0. The van der Waals surface area contributed by atoms with E-state index in [1.165, 1.54) is 0 Å². The van der Waals surface area contributed by atoms with Crippen molar-refractivity contribution in [1.29, 1.82) is 0 Å². The molecule has 76 valence electrons. The molecule has 1 atom stereocenters. The molecule has 1 N–H and O–H groups in total. The maximum absolute atomic E-state index is 10.5. The molecule has 1 heterocycles. The molecule has 1 aliphatic rings. The number of rotatable bonds is 4. The molecular weight excluding hydrogens is 186 g/mol. The molecule has 0 aliphatic carbocycles. The second-order valence-electron chi connectivity index (χ2n) is 3.54. The second kappa shape index (κ2) is 5.52. The Labute approximate surface area is 82.1 Å². The van der Waals surface area contributed by atoms with E-state index in [9.17, 15) is 4.21 Å². The van der Waals surface area contributed by atoms with Crippen molar-refractivity contribution in [3.63, 3.8) is 0 Å². The van der Waals surface area contributed by atoms with Crippen LogP contribution in [-0.2, 0) is 11.1 Å². The summed E-state index contributed by atoms with van der Waals surface area (Å²) in [5.41, 5.74) is 0. The summed E-state index contributed by atoms with van der Waals surface area (Å²) < 4.78 is 19.2. The summed E-state index contributed by atoms with van der Waals surface area (Å²) in [5, 5.41) is 0. The predicted octanol–water partition coefficient (Wildman–Crippen LogP) is 1.45. The van der Waals surface area contributed by atoms with Crippen LogP contribution in [0.2, 0.25) is 0 Å². The van der Waals surface area contributed by atoms with Gasteiger partial charge < -0.3 is 4.55 Å². The van der Waals surface area contributed by atoms with Gasteiger partial charge >= 0.3 is 0 Å². The Morgan fingerprint density at radius 1 is 1.54 bits per heavy atom. The maximum Gasteiger partial charge on any atom is 0.167 e. The van der Waals surface area contributed by atoms with Crippen LogP contribution in [0.4, 0.5) is 0 Å². The van der Waals surface area contributed by atoms with Gasteiger partial charge in [0.15, 0.2) is 11.1 Å². The van der Waals surface area contributed by atoms with Gasteiger partial charge in [-0.15, -0.1) is 6.58 Å². The number of piperidine rings is 1. The van der Waals surface area contributed by atoms with Gasteiger partial charge in [-0.2, -0.15) is 0 Å². The van der Waals surface area contributed by atoms with Crippen molar-refractivity contribution in [3.05, 3.63) is 12.7 Å².